The van der Waals surface area contributed by atoms with Gasteiger partial charge in [0.1, 0.15) is 0 Å². The lowest BCUT2D eigenvalue weighted by Crippen LogP contribution is -2.48. The number of unbranched alkanes of at least 4 members (excludes halogenated alkanes) is 5. The topological polar surface area (TPSA) is 309 Å². The van der Waals surface area contributed by atoms with E-state index in [-0.39, 0.29) is 64.6 Å². The van der Waals surface area contributed by atoms with Crippen LogP contribution >= 0.6 is 23.5 Å². The fourth-order valence-corrected chi connectivity index (χ4v) is 12.6. The predicted molar refractivity (Wildman–Crippen MR) is 315 cm³/mol. The number of rotatable bonds is 50. The maximum Gasteiger partial charge on any atom is 0.315 e. The van der Waals surface area contributed by atoms with Gasteiger partial charge >= 0.3 is 6.03 Å². The van der Waals surface area contributed by atoms with Gasteiger partial charge in [0.25, 0.3) is 17.7 Å². The summed E-state index contributed by atoms with van der Waals surface area (Å²) in [5.74, 6) is 0.794. The molecule has 1 aromatic rings. The lowest BCUT2D eigenvalue weighted by atomic mass is 10.0. The number of nitrogens with two attached hydrogens (primary N) is 1. The molecule has 0 spiro atoms. The Bertz CT molecular complexity index is 1970. The van der Waals surface area contributed by atoms with Crippen LogP contribution in [0.15, 0.2) is 18.2 Å². The molecule has 11 N–H and O–H groups in total. The van der Waals surface area contributed by atoms with E-state index in [0.29, 0.717) is 168 Å². The van der Waals surface area contributed by atoms with Gasteiger partial charge in [0.2, 0.25) is 18.2 Å². The third-order valence-corrected chi connectivity index (χ3v) is 16.9. The van der Waals surface area contributed by atoms with Gasteiger partial charge < -0.3 is 82.0 Å². The van der Waals surface area contributed by atoms with E-state index in [1.807, 2.05) is 30.6 Å². The lowest BCUT2D eigenvalue weighted by molar-refractivity contribution is -0.122. The van der Waals surface area contributed by atoms with Crippen molar-refractivity contribution in [3.8, 4) is 0 Å². The van der Waals surface area contributed by atoms with Crippen LogP contribution in [0, 0.1) is 0 Å². The van der Waals surface area contributed by atoms with Crippen LogP contribution in [0.2, 0.25) is 0 Å². The van der Waals surface area contributed by atoms with E-state index >= 15 is 0 Å². The van der Waals surface area contributed by atoms with Crippen molar-refractivity contribution < 1.29 is 62.0 Å². The molecular formula is C56H96N10O13S2. The molecule has 6 atom stereocenters. The molecule has 3 aliphatic rings. The number of carbonyl (C=O) groups is 7. The Kier molecular flexibility index (Phi) is 37.8. The molecule has 0 aromatic heterocycles. The second-order valence-corrected chi connectivity index (χ2v) is 22.8. The third-order valence-electron chi connectivity index (χ3n) is 13.9. The summed E-state index contributed by atoms with van der Waals surface area (Å²) in [6, 6.07) is 5.21. The molecule has 3 saturated heterocycles. The van der Waals surface area contributed by atoms with E-state index in [1.165, 1.54) is 18.2 Å². The summed E-state index contributed by atoms with van der Waals surface area (Å²) in [5, 5.41) is 27.5. The van der Waals surface area contributed by atoms with Crippen molar-refractivity contribution >= 4 is 65.5 Å². The Hall–Kier alpha value is -4.31. The summed E-state index contributed by atoms with van der Waals surface area (Å²) < 4.78 is 33.8. The fraction of sp³-hybridized carbons (Fsp3) is 0.768. The molecule has 3 fully saturated rings. The molecule has 4 rings (SSSR count). The van der Waals surface area contributed by atoms with Gasteiger partial charge in [-0.3, -0.25) is 28.8 Å². The van der Waals surface area contributed by atoms with Crippen LogP contribution in [0.1, 0.15) is 134 Å². The summed E-state index contributed by atoms with van der Waals surface area (Å²) in [6.07, 6.45) is 13.4. The molecule has 0 radical (unpaired) electrons. The number of hydrogen-bond donors (Lipinski definition) is 10. The molecule has 8 amide bonds. The summed E-state index contributed by atoms with van der Waals surface area (Å²) >= 11 is 3.76. The molecule has 0 saturated carbocycles. The van der Waals surface area contributed by atoms with Gasteiger partial charge in [0.15, 0.2) is 0 Å². The van der Waals surface area contributed by atoms with Crippen molar-refractivity contribution in [2.45, 2.75) is 137 Å². The van der Waals surface area contributed by atoms with E-state index in [9.17, 15) is 33.6 Å². The largest absolute Gasteiger partial charge is 0.379 e. The molecule has 1 aromatic carbocycles. The Morgan fingerprint density at radius 2 is 0.951 bits per heavy atom. The van der Waals surface area contributed by atoms with Crippen LogP contribution in [0.4, 0.5) is 4.79 Å². The number of thioether (sulfide) groups is 2. The first-order chi connectivity index (χ1) is 39.6. The summed E-state index contributed by atoms with van der Waals surface area (Å²) in [4.78, 5) is 86.8. The van der Waals surface area contributed by atoms with Crippen molar-refractivity contribution in [2.75, 3.05) is 137 Å². The highest BCUT2D eigenvalue weighted by Gasteiger charge is 2.42. The minimum atomic E-state index is -0.414. The number of hydrogen-bond acceptors (Lipinski definition) is 17. The Balaban J connectivity index is 0.970. The minimum Gasteiger partial charge on any atom is -0.379 e. The number of carbonyl (C=O) groups excluding carboxylic acids is 7. The average Bonchev–Trinajstić information content (AvgIpc) is 4.28. The number of ether oxygens (including phenoxy) is 6. The Morgan fingerprint density at radius 3 is 1.41 bits per heavy atom. The first kappa shape index (κ1) is 69.2. The van der Waals surface area contributed by atoms with Gasteiger partial charge in [0, 0.05) is 117 Å². The molecule has 81 heavy (non-hydrogen) atoms. The zero-order valence-electron chi connectivity index (χ0n) is 47.9. The molecule has 3 heterocycles. The predicted octanol–water partition coefficient (Wildman–Crippen LogP) is 2.39. The van der Waals surface area contributed by atoms with Crippen molar-refractivity contribution in [2.24, 2.45) is 5.73 Å². The second kappa shape index (κ2) is 44.2. The zero-order valence-corrected chi connectivity index (χ0v) is 49.6. The zero-order chi connectivity index (χ0) is 58.0. The van der Waals surface area contributed by atoms with Gasteiger partial charge in [-0.2, -0.15) is 23.5 Å². The average molecular weight is 1180 g/mol. The number of fused-ring (bicyclic) bond motifs is 1. The van der Waals surface area contributed by atoms with Gasteiger partial charge in [0.05, 0.1) is 71.0 Å². The van der Waals surface area contributed by atoms with E-state index in [1.54, 1.807) is 0 Å². The number of nitrogens with one attached hydrogen (secondary N) is 9. The number of likely N-dealkylation sites (N-methyl/N-ethyl adjacent to an activating group) is 1. The maximum absolute atomic E-state index is 13.3. The first-order valence-electron chi connectivity index (χ1n) is 29.5. The highest BCUT2D eigenvalue weighted by atomic mass is 32.2. The third kappa shape index (κ3) is 30.2. The van der Waals surface area contributed by atoms with Crippen molar-refractivity contribution in [1.29, 1.82) is 0 Å². The molecule has 0 aliphatic carbocycles. The highest BCUT2D eigenvalue weighted by molar-refractivity contribution is 8.00. The van der Waals surface area contributed by atoms with Crippen LogP contribution < -0.4 is 53.6 Å². The van der Waals surface area contributed by atoms with Gasteiger partial charge in [-0.25, -0.2) is 4.79 Å². The maximum atomic E-state index is 13.3. The summed E-state index contributed by atoms with van der Waals surface area (Å²) in [7, 11) is 1.92. The van der Waals surface area contributed by atoms with E-state index in [2.05, 4.69) is 47.9 Å². The molecule has 0 bridgehead atoms. The molecule has 25 heteroatoms. The Morgan fingerprint density at radius 1 is 0.531 bits per heavy atom. The molecule has 3 aliphatic heterocycles. The number of urea groups is 1. The monoisotopic (exact) mass is 1180 g/mol. The fourth-order valence-electron chi connectivity index (χ4n) is 9.40. The van der Waals surface area contributed by atoms with E-state index in [4.69, 9.17) is 34.2 Å². The number of amides is 8. The highest BCUT2D eigenvalue weighted by Crippen LogP contribution is 2.33. The van der Waals surface area contributed by atoms with E-state index < -0.39 is 11.8 Å². The van der Waals surface area contributed by atoms with Crippen LogP contribution in [-0.4, -0.2) is 214 Å². The van der Waals surface area contributed by atoms with Crippen LogP contribution in [0.25, 0.3) is 0 Å². The van der Waals surface area contributed by atoms with Crippen molar-refractivity contribution in [3.63, 3.8) is 0 Å². The molecule has 460 valence electrons. The van der Waals surface area contributed by atoms with Crippen LogP contribution in [0.5, 0.6) is 0 Å². The standard InChI is InChI=1S/C56H96N10O13S2/c1-58-45-39-80-47(51(45)64-41-67)14-4-6-16-49(68)59-20-10-24-74-28-32-78-34-30-76-26-12-22-62-54(71)43-36-42(53(70)61-19-9-3-2-8-18-57)37-44(38-43)55(72)63-23-13-27-77-31-35-79-33-29-75-25-11-21-60-50(69)17-7-5-15-48-52-46(40-81-48)65-56(73)66-52/h36-38,41,45-48,51-52,58H,2-35,39-40,57H2,1H3,(H,59,68)(H,60,69)(H,61,70)(H,62,71)(H,63,72)(H,64,67)(H2,65,66,73). The SMILES string of the molecule is CNC1CSC(CCCCC(=O)NCCCOCCOCCOCCCNC(=O)c2cc(C(=O)NCCCCCCN)cc(C(=O)NCCCOCCOCCOCCCNC(=O)CCCCC3SCC4NC(=O)NC43)c2)C1NC=O. The van der Waals surface area contributed by atoms with Crippen LogP contribution in [0.3, 0.4) is 0 Å². The minimum absolute atomic E-state index is 0.0393. The second-order valence-electron chi connectivity index (χ2n) is 20.2. The van der Waals surface area contributed by atoms with E-state index in [0.717, 1.165) is 82.1 Å². The normalized spacial score (nSPS) is 19.1. The molecule has 6 unspecified atom stereocenters. The quantitative estimate of drug-likeness (QED) is 0.0254. The lowest BCUT2D eigenvalue weighted by Gasteiger charge is -2.22. The van der Waals surface area contributed by atoms with Crippen molar-refractivity contribution in [1.82, 2.24) is 47.9 Å². The van der Waals surface area contributed by atoms with Crippen LogP contribution in [-0.2, 0) is 42.8 Å². The summed E-state index contributed by atoms with van der Waals surface area (Å²) in [5.41, 5.74) is 6.20. The van der Waals surface area contributed by atoms with Crippen molar-refractivity contribution in [3.05, 3.63) is 34.9 Å². The first-order valence-corrected chi connectivity index (χ1v) is 31.6. The summed E-state index contributed by atoms with van der Waals surface area (Å²) in [6.45, 7) is 7.89. The van der Waals surface area contributed by atoms with Gasteiger partial charge in [-0.05, 0) is 96.0 Å². The molecule has 23 nitrogen and oxygen atoms in total. The number of benzene rings is 1. The van der Waals surface area contributed by atoms with Gasteiger partial charge in [-0.1, -0.05) is 25.7 Å². The Labute approximate surface area is 488 Å². The molecular weight excluding hydrogens is 1080 g/mol. The smallest absolute Gasteiger partial charge is 0.315 e. The van der Waals surface area contributed by atoms with Gasteiger partial charge in [-0.15, -0.1) is 0 Å².